The van der Waals surface area contributed by atoms with Crippen molar-refractivity contribution < 1.29 is 18.8 Å². The number of nitrogens with one attached hydrogen (secondary N) is 1. The van der Waals surface area contributed by atoms with E-state index in [0.717, 1.165) is 11.1 Å². The maximum Gasteiger partial charge on any atom is 0.232 e. The van der Waals surface area contributed by atoms with Gasteiger partial charge in [0.2, 0.25) is 23.5 Å². The zero-order chi connectivity index (χ0) is 24.0. The number of ether oxygens (including phenoxy) is 1. The van der Waals surface area contributed by atoms with Gasteiger partial charge in [0.15, 0.2) is 0 Å². The molecular formula is C27H30N4O4. The Balaban J connectivity index is 1.31. The lowest BCUT2D eigenvalue weighted by Crippen LogP contribution is -2.43. The van der Waals surface area contributed by atoms with Crippen LogP contribution in [0.1, 0.15) is 36.6 Å². The zero-order valence-electron chi connectivity index (χ0n) is 19.6. The van der Waals surface area contributed by atoms with Crippen LogP contribution in [0.3, 0.4) is 0 Å². The lowest BCUT2D eigenvalue weighted by Gasteiger charge is -2.29. The highest BCUT2D eigenvalue weighted by Crippen LogP contribution is 2.39. The number of carbonyl (C=O) groups is 2. The summed E-state index contributed by atoms with van der Waals surface area (Å²) in [6.07, 6.45) is 2.17. The summed E-state index contributed by atoms with van der Waals surface area (Å²) in [4.78, 5) is 32.6. The van der Waals surface area contributed by atoms with Crippen LogP contribution >= 0.6 is 0 Å². The molecule has 3 aromatic rings. The van der Waals surface area contributed by atoms with Gasteiger partial charge >= 0.3 is 0 Å². The molecule has 2 fully saturated rings. The van der Waals surface area contributed by atoms with Crippen LogP contribution in [0.4, 0.5) is 0 Å². The number of hydrogen-bond donors (Lipinski definition) is 1. The van der Waals surface area contributed by atoms with Crippen molar-refractivity contribution in [2.24, 2.45) is 5.92 Å². The number of benzene rings is 2. The van der Waals surface area contributed by atoms with Crippen molar-refractivity contribution in [1.29, 1.82) is 0 Å². The van der Waals surface area contributed by atoms with E-state index in [1.54, 1.807) is 0 Å². The molecule has 5 rings (SSSR count). The second-order valence-electron chi connectivity index (χ2n) is 9.19. The van der Waals surface area contributed by atoms with E-state index in [4.69, 9.17) is 9.26 Å². The second-order valence-corrected chi connectivity index (χ2v) is 9.19. The molecule has 1 aliphatic heterocycles. The van der Waals surface area contributed by atoms with Crippen LogP contribution in [0.5, 0.6) is 0 Å². The summed E-state index contributed by atoms with van der Waals surface area (Å²) in [6.45, 7) is 2.33. The molecule has 0 bridgehead atoms. The van der Waals surface area contributed by atoms with Gasteiger partial charge in [-0.05, 0) is 24.8 Å². The van der Waals surface area contributed by atoms with Crippen molar-refractivity contribution in [1.82, 2.24) is 20.4 Å². The Morgan fingerprint density at radius 3 is 2.43 bits per heavy atom. The number of aryl methyl sites for hydroxylation is 1. The lowest BCUT2D eigenvalue weighted by atomic mass is 10.0. The maximum absolute atomic E-state index is 13.2. The first-order valence-corrected chi connectivity index (χ1v) is 12.3. The maximum atomic E-state index is 13.2. The third-order valence-corrected chi connectivity index (χ3v) is 6.86. The summed E-state index contributed by atoms with van der Waals surface area (Å²) >= 11 is 0. The minimum absolute atomic E-state index is 0.0360. The molecule has 1 saturated heterocycles. The summed E-state index contributed by atoms with van der Waals surface area (Å²) < 4.78 is 11.1. The summed E-state index contributed by atoms with van der Waals surface area (Å²) in [5.41, 5.74) is 1.99. The smallest absolute Gasteiger partial charge is 0.232 e. The average molecular weight is 475 g/mol. The van der Waals surface area contributed by atoms with Crippen LogP contribution in [0.25, 0.3) is 11.4 Å². The number of carbonyl (C=O) groups excluding carboxylic acids is 2. The number of rotatable bonds is 7. The predicted octanol–water partition coefficient (Wildman–Crippen LogP) is 3.21. The van der Waals surface area contributed by atoms with E-state index < -0.39 is 0 Å². The van der Waals surface area contributed by atoms with Gasteiger partial charge in [-0.25, -0.2) is 0 Å². The van der Waals surface area contributed by atoms with Crippen molar-refractivity contribution in [3.05, 3.63) is 72.1 Å². The van der Waals surface area contributed by atoms with E-state index >= 15 is 0 Å². The van der Waals surface area contributed by atoms with Gasteiger partial charge in [0.1, 0.15) is 0 Å². The first kappa shape index (κ1) is 23.2. The van der Waals surface area contributed by atoms with Crippen LogP contribution < -0.4 is 5.32 Å². The predicted molar refractivity (Wildman–Crippen MR) is 129 cm³/mol. The molecule has 0 radical (unpaired) electrons. The highest BCUT2D eigenvalue weighted by molar-refractivity contribution is 5.80. The fourth-order valence-electron chi connectivity index (χ4n) is 4.99. The van der Waals surface area contributed by atoms with Crippen LogP contribution in [0.2, 0.25) is 0 Å². The van der Waals surface area contributed by atoms with E-state index in [1.807, 2.05) is 65.6 Å². The van der Waals surface area contributed by atoms with Crippen molar-refractivity contribution in [2.45, 2.75) is 37.6 Å². The molecule has 2 amide bonds. The molecule has 1 aromatic heterocycles. The van der Waals surface area contributed by atoms with E-state index in [0.29, 0.717) is 63.7 Å². The molecule has 1 aliphatic carbocycles. The highest BCUT2D eigenvalue weighted by atomic mass is 16.5. The largest absolute Gasteiger partial charge is 0.378 e. The molecule has 8 heteroatoms. The number of nitrogens with zero attached hydrogens (tertiary/aromatic N) is 3. The molecule has 2 aromatic carbocycles. The highest BCUT2D eigenvalue weighted by Gasteiger charge is 2.43. The first-order valence-electron chi connectivity index (χ1n) is 12.3. The molecule has 8 nitrogen and oxygen atoms in total. The van der Waals surface area contributed by atoms with E-state index in [2.05, 4.69) is 15.5 Å². The van der Waals surface area contributed by atoms with Gasteiger partial charge in [0.05, 0.1) is 19.1 Å². The van der Waals surface area contributed by atoms with Crippen LogP contribution in [-0.4, -0.2) is 59.2 Å². The zero-order valence-corrected chi connectivity index (χ0v) is 19.6. The third kappa shape index (κ3) is 5.59. The normalized spacial score (nSPS) is 22.2. The van der Waals surface area contributed by atoms with Gasteiger partial charge in [0, 0.05) is 37.0 Å². The summed E-state index contributed by atoms with van der Waals surface area (Å²) in [5.74, 6) is 0.640. The Morgan fingerprint density at radius 1 is 0.971 bits per heavy atom. The number of morpholine rings is 1. The standard InChI is InChI=1S/C27H30N4O4/c32-24(12-11-19-7-3-1-4-8-19)28-23-18-21(27(33)31-13-15-34-16-14-31)17-22(23)26-29-25(30-35-26)20-9-5-2-6-10-20/h1-10,21-23H,11-18H2,(H,28,32)/t21-,22-,23+/m1/s1. The van der Waals surface area contributed by atoms with E-state index in [-0.39, 0.29) is 29.7 Å². The molecule has 0 spiro atoms. The Bertz CT molecular complexity index is 1130. The molecule has 3 atom stereocenters. The van der Waals surface area contributed by atoms with Crippen LogP contribution in [0.15, 0.2) is 65.2 Å². The summed E-state index contributed by atoms with van der Waals surface area (Å²) in [5, 5.41) is 7.34. The topological polar surface area (TPSA) is 97.6 Å². The second kappa shape index (κ2) is 10.8. The van der Waals surface area contributed by atoms with Crippen molar-refractivity contribution in [3.8, 4) is 11.4 Å². The van der Waals surface area contributed by atoms with Gasteiger partial charge in [-0.1, -0.05) is 65.8 Å². The van der Waals surface area contributed by atoms with Crippen molar-refractivity contribution >= 4 is 11.8 Å². The quantitative estimate of drug-likeness (QED) is 0.565. The Kier molecular flexibility index (Phi) is 7.18. The van der Waals surface area contributed by atoms with Crippen LogP contribution in [-0.2, 0) is 20.7 Å². The van der Waals surface area contributed by atoms with Gasteiger partial charge < -0.3 is 19.5 Å². The molecule has 1 N–H and O–H groups in total. The van der Waals surface area contributed by atoms with Gasteiger partial charge in [-0.15, -0.1) is 0 Å². The van der Waals surface area contributed by atoms with Gasteiger partial charge in [0.25, 0.3) is 0 Å². The Labute approximate surface area is 204 Å². The van der Waals surface area contributed by atoms with Crippen LogP contribution in [0, 0.1) is 5.92 Å². The number of amides is 2. The molecule has 0 unspecified atom stereocenters. The summed E-state index contributed by atoms with van der Waals surface area (Å²) in [7, 11) is 0. The molecule has 182 valence electrons. The SMILES string of the molecule is O=C(CCc1ccccc1)N[C@H]1C[C@H](C(=O)N2CCOCC2)C[C@H]1c1nc(-c2ccccc2)no1. The number of hydrogen-bond acceptors (Lipinski definition) is 6. The monoisotopic (exact) mass is 474 g/mol. The fourth-order valence-corrected chi connectivity index (χ4v) is 4.99. The van der Waals surface area contributed by atoms with Crippen molar-refractivity contribution in [2.75, 3.05) is 26.3 Å². The summed E-state index contributed by atoms with van der Waals surface area (Å²) in [6, 6.07) is 19.4. The average Bonchev–Trinajstić information content (AvgIpc) is 3.56. The molecule has 2 heterocycles. The van der Waals surface area contributed by atoms with E-state index in [9.17, 15) is 9.59 Å². The molecule has 35 heavy (non-hydrogen) atoms. The molecule has 1 saturated carbocycles. The minimum Gasteiger partial charge on any atom is -0.378 e. The van der Waals surface area contributed by atoms with Gasteiger partial charge in [-0.2, -0.15) is 4.98 Å². The van der Waals surface area contributed by atoms with E-state index in [1.165, 1.54) is 0 Å². The lowest BCUT2D eigenvalue weighted by molar-refractivity contribution is -0.139. The molecular weight excluding hydrogens is 444 g/mol. The first-order chi connectivity index (χ1) is 17.2. The Morgan fingerprint density at radius 2 is 1.69 bits per heavy atom. The minimum atomic E-state index is -0.239. The van der Waals surface area contributed by atoms with Gasteiger partial charge in [-0.3, -0.25) is 9.59 Å². The molecule has 2 aliphatic rings. The van der Waals surface area contributed by atoms with Crippen molar-refractivity contribution in [3.63, 3.8) is 0 Å². The number of aromatic nitrogens is 2. The third-order valence-electron chi connectivity index (χ3n) is 6.86. The Hall–Kier alpha value is -3.52. The fraction of sp³-hybridized carbons (Fsp3) is 0.407.